The first-order valence-electron chi connectivity index (χ1n) is 15.4. The average Bonchev–Trinajstić information content (AvgIpc) is 3.50. The van der Waals surface area contributed by atoms with Gasteiger partial charge in [-0.25, -0.2) is 0 Å². The van der Waals surface area contributed by atoms with Crippen molar-refractivity contribution in [3.8, 4) is 11.4 Å². The molecule has 7 aromatic carbocycles. The van der Waals surface area contributed by atoms with Crippen LogP contribution in [0, 0.1) is 27.7 Å². The van der Waals surface area contributed by atoms with Gasteiger partial charge in [-0.2, -0.15) is 0 Å². The Hall–Kier alpha value is -5.34. The van der Waals surface area contributed by atoms with Gasteiger partial charge in [0, 0.05) is 43.1 Å². The van der Waals surface area contributed by atoms with Gasteiger partial charge >= 0.3 is 0 Å². The van der Waals surface area contributed by atoms with Crippen LogP contribution in [0.5, 0.6) is 0 Å². The van der Waals surface area contributed by atoms with Crippen molar-refractivity contribution in [3.63, 3.8) is 0 Å². The third-order valence-corrected chi connectivity index (χ3v) is 9.47. The third-order valence-electron chi connectivity index (χ3n) is 9.47. The van der Waals surface area contributed by atoms with Crippen molar-refractivity contribution < 1.29 is 0 Å². The molecule has 0 radical (unpaired) electrons. The van der Waals surface area contributed by atoms with Crippen molar-refractivity contribution in [2.24, 2.45) is 0 Å². The van der Waals surface area contributed by atoms with Crippen molar-refractivity contribution >= 4 is 65.2 Å². The Balaban J connectivity index is 1.51. The lowest BCUT2D eigenvalue weighted by Gasteiger charge is -2.21. The minimum absolute atomic E-state index is 1.24. The van der Waals surface area contributed by atoms with Gasteiger partial charge in [0.1, 0.15) is 0 Å². The summed E-state index contributed by atoms with van der Waals surface area (Å²) in [6, 6.07) is 45.5. The van der Waals surface area contributed by atoms with Gasteiger partial charge in [0.15, 0.2) is 0 Å². The van der Waals surface area contributed by atoms with E-state index in [4.69, 9.17) is 0 Å². The Morgan fingerprint density at radius 2 is 0.545 bits per heavy atom. The summed E-state index contributed by atoms with van der Waals surface area (Å²) in [5.41, 5.74) is 12.5. The number of fused-ring (bicyclic) bond motifs is 8. The van der Waals surface area contributed by atoms with E-state index < -0.39 is 0 Å². The molecular formula is C42H32N2. The van der Waals surface area contributed by atoms with E-state index in [1.807, 2.05) is 0 Å². The zero-order chi connectivity index (χ0) is 29.7. The number of rotatable bonds is 2. The minimum atomic E-state index is 1.24. The van der Waals surface area contributed by atoms with E-state index in [9.17, 15) is 0 Å². The number of aryl methyl sites for hydroxylation is 4. The summed E-state index contributed by atoms with van der Waals surface area (Å²) in [4.78, 5) is 0. The Kier molecular flexibility index (Phi) is 5.20. The molecule has 0 saturated carbocycles. The second-order valence-electron chi connectivity index (χ2n) is 12.5. The van der Waals surface area contributed by atoms with Crippen LogP contribution in [0.4, 0.5) is 0 Å². The average molecular weight is 565 g/mol. The summed E-state index contributed by atoms with van der Waals surface area (Å²) in [6.07, 6.45) is 0. The Morgan fingerprint density at radius 3 is 0.795 bits per heavy atom. The Bertz CT molecular complexity index is 2290. The third kappa shape index (κ3) is 3.43. The van der Waals surface area contributed by atoms with Crippen LogP contribution < -0.4 is 0 Å². The van der Waals surface area contributed by atoms with Crippen LogP contribution in [0.15, 0.2) is 121 Å². The highest BCUT2D eigenvalue weighted by Crippen LogP contribution is 2.44. The van der Waals surface area contributed by atoms with Gasteiger partial charge in [-0.05, 0) is 76.2 Å². The van der Waals surface area contributed by atoms with Crippen molar-refractivity contribution in [2.45, 2.75) is 27.7 Å². The maximum atomic E-state index is 2.51. The fourth-order valence-corrected chi connectivity index (χ4v) is 7.55. The van der Waals surface area contributed by atoms with E-state index in [0.717, 1.165) is 0 Å². The number of aromatic nitrogens is 2. The number of hydrogen-bond donors (Lipinski definition) is 0. The molecule has 0 saturated heterocycles. The summed E-state index contributed by atoms with van der Waals surface area (Å²) in [7, 11) is 0. The molecule has 9 aromatic rings. The van der Waals surface area contributed by atoms with Crippen LogP contribution in [-0.4, -0.2) is 9.13 Å². The molecule has 0 aliphatic rings. The number of nitrogens with zero attached hydrogens (tertiary/aromatic N) is 2. The molecule has 0 bridgehead atoms. The van der Waals surface area contributed by atoms with Crippen LogP contribution in [0.25, 0.3) is 76.5 Å². The molecule has 0 aliphatic heterocycles. The van der Waals surface area contributed by atoms with Gasteiger partial charge in [0.05, 0.1) is 33.4 Å². The van der Waals surface area contributed by atoms with Crippen molar-refractivity contribution in [2.75, 3.05) is 0 Å². The molecule has 0 fully saturated rings. The smallest absolute Gasteiger partial charge is 0.0620 e. The quantitative estimate of drug-likeness (QED) is 0.185. The van der Waals surface area contributed by atoms with E-state index in [0.29, 0.717) is 0 Å². The number of benzene rings is 7. The lowest BCUT2D eigenvalue weighted by molar-refractivity contribution is 1.19. The van der Waals surface area contributed by atoms with Crippen LogP contribution in [0.3, 0.4) is 0 Å². The minimum Gasteiger partial charge on any atom is -0.308 e. The molecule has 2 aromatic heterocycles. The normalized spacial score (nSPS) is 12.1. The van der Waals surface area contributed by atoms with E-state index in [-0.39, 0.29) is 0 Å². The Labute approximate surface area is 256 Å². The largest absolute Gasteiger partial charge is 0.308 e. The van der Waals surface area contributed by atoms with E-state index in [1.54, 1.807) is 0 Å². The predicted molar refractivity (Wildman–Crippen MR) is 189 cm³/mol. The summed E-state index contributed by atoms with van der Waals surface area (Å²) < 4.78 is 5.02. The maximum absolute atomic E-state index is 2.51. The highest BCUT2D eigenvalue weighted by atomic mass is 15.0. The summed E-state index contributed by atoms with van der Waals surface area (Å²) in [5.74, 6) is 0. The van der Waals surface area contributed by atoms with Crippen LogP contribution in [0.2, 0.25) is 0 Å². The fraction of sp³-hybridized carbons (Fsp3) is 0.0952. The summed E-state index contributed by atoms with van der Waals surface area (Å²) >= 11 is 0. The lowest BCUT2D eigenvalue weighted by Crippen LogP contribution is -2.02. The molecule has 0 aliphatic carbocycles. The molecule has 44 heavy (non-hydrogen) atoms. The maximum Gasteiger partial charge on any atom is 0.0620 e. The first-order valence-corrected chi connectivity index (χ1v) is 15.4. The molecular weight excluding hydrogens is 532 g/mol. The molecule has 0 unspecified atom stereocenters. The Morgan fingerprint density at radius 1 is 0.295 bits per heavy atom. The van der Waals surface area contributed by atoms with E-state index in [1.165, 1.54) is 98.8 Å². The second kappa shape index (κ2) is 9.08. The summed E-state index contributed by atoms with van der Waals surface area (Å²) in [6.45, 7) is 8.75. The zero-order valence-electron chi connectivity index (χ0n) is 25.4. The molecule has 9 rings (SSSR count). The molecule has 2 heteroatoms. The van der Waals surface area contributed by atoms with Crippen molar-refractivity contribution in [1.82, 2.24) is 9.13 Å². The number of hydrogen-bond acceptors (Lipinski definition) is 0. The van der Waals surface area contributed by atoms with Gasteiger partial charge in [-0.15, -0.1) is 0 Å². The van der Waals surface area contributed by atoms with Gasteiger partial charge in [0.25, 0.3) is 0 Å². The lowest BCUT2D eigenvalue weighted by atomic mass is 9.97. The molecule has 0 spiro atoms. The van der Waals surface area contributed by atoms with Crippen molar-refractivity contribution in [1.29, 1.82) is 0 Å². The van der Waals surface area contributed by atoms with Gasteiger partial charge in [-0.3, -0.25) is 0 Å². The first kappa shape index (κ1) is 25.2. The first-order chi connectivity index (χ1) is 21.5. The highest BCUT2D eigenvalue weighted by molar-refractivity contribution is 6.20. The SMILES string of the molecule is Cc1ccc2c(c1)c1cc(C)ccc1n2-c1c2ccccc2c(-n2c3ccc(C)cc3c3cc(C)ccc32)c2ccccc12. The molecule has 0 N–H and O–H groups in total. The highest BCUT2D eigenvalue weighted by Gasteiger charge is 2.22. The zero-order valence-corrected chi connectivity index (χ0v) is 25.4. The monoisotopic (exact) mass is 564 g/mol. The molecule has 2 heterocycles. The summed E-state index contributed by atoms with van der Waals surface area (Å²) in [5, 5.41) is 10.2. The topological polar surface area (TPSA) is 9.86 Å². The van der Waals surface area contributed by atoms with Crippen LogP contribution >= 0.6 is 0 Å². The van der Waals surface area contributed by atoms with Gasteiger partial charge in [0.2, 0.25) is 0 Å². The van der Waals surface area contributed by atoms with Crippen LogP contribution in [0.1, 0.15) is 22.3 Å². The van der Waals surface area contributed by atoms with Gasteiger partial charge < -0.3 is 9.13 Å². The molecule has 2 nitrogen and oxygen atoms in total. The molecule has 0 amide bonds. The fourth-order valence-electron chi connectivity index (χ4n) is 7.55. The van der Waals surface area contributed by atoms with Gasteiger partial charge in [-0.1, -0.05) is 95.1 Å². The van der Waals surface area contributed by atoms with E-state index >= 15 is 0 Å². The van der Waals surface area contributed by atoms with Crippen molar-refractivity contribution in [3.05, 3.63) is 144 Å². The molecule has 0 atom stereocenters. The predicted octanol–water partition coefficient (Wildman–Crippen LogP) is 11.4. The van der Waals surface area contributed by atoms with Crippen LogP contribution in [-0.2, 0) is 0 Å². The van der Waals surface area contributed by atoms with E-state index in [2.05, 4.69) is 158 Å². The standard InChI is InChI=1S/C42H32N2/c1-25-13-17-37-33(21-25)34-22-26(2)14-18-38(34)43(37)41-29-9-5-7-11-31(29)42(32-12-8-6-10-30(32)41)44-39-19-15-27(3)23-35(39)36-24-28(4)16-20-40(36)44/h5-24H,1-4H3. The molecule has 210 valence electrons. The second-order valence-corrected chi connectivity index (χ2v) is 12.5.